The highest BCUT2D eigenvalue weighted by atomic mass is 16.6. The molecule has 1 heterocycles. The Labute approximate surface area is 107 Å². The maximum absolute atomic E-state index is 6.42. The first-order valence-electron chi connectivity index (χ1n) is 7.16. The van der Waals surface area contributed by atoms with Gasteiger partial charge in [0.1, 0.15) is 5.72 Å². The topological polar surface area (TPSA) is 31.2 Å². The summed E-state index contributed by atoms with van der Waals surface area (Å²) >= 11 is 0. The highest BCUT2D eigenvalue weighted by molar-refractivity contribution is 5.14. The second-order valence-corrected chi connectivity index (χ2v) is 7.45. The molecule has 0 amide bonds. The molecule has 2 aliphatic rings. The van der Waals surface area contributed by atoms with E-state index in [0.717, 1.165) is 5.92 Å². The average Bonchev–Trinajstić information content (AvgIpc) is 2.63. The Morgan fingerprint density at radius 2 is 1.53 bits per heavy atom. The zero-order valence-corrected chi connectivity index (χ0v) is 12.4. The lowest BCUT2D eigenvalue weighted by molar-refractivity contribution is -0.130. The first-order chi connectivity index (χ1) is 7.66. The van der Waals surface area contributed by atoms with Gasteiger partial charge in [-0.25, -0.2) is 0 Å². The van der Waals surface area contributed by atoms with Crippen LogP contribution in [0.4, 0.5) is 0 Å². The molecule has 2 heteroatoms. The Morgan fingerprint density at radius 3 is 1.94 bits per heavy atom. The van der Waals surface area contributed by atoms with Crippen molar-refractivity contribution in [3.05, 3.63) is 0 Å². The van der Waals surface area contributed by atoms with Gasteiger partial charge in [-0.1, -0.05) is 19.8 Å². The standard InChI is InChI=1S/C15H29NO/c1-11-7-9-12(10-8-11)13(2,3)17-15(6)14(4,5)16-15/h11-12,16H,7-10H2,1-6H3. The van der Waals surface area contributed by atoms with Gasteiger partial charge < -0.3 is 4.74 Å². The second kappa shape index (κ2) is 3.96. The summed E-state index contributed by atoms with van der Waals surface area (Å²) in [5.74, 6) is 1.63. The maximum atomic E-state index is 6.42. The lowest BCUT2D eigenvalue weighted by atomic mass is 9.75. The van der Waals surface area contributed by atoms with Gasteiger partial charge in [0.05, 0.1) is 11.1 Å². The smallest absolute Gasteiger partial charge is 0.135 e. The highest BCUT2D eigenvalue weighted by Gasteiger charge is 2.61. The van der Waals surface area contributed by atoms with Crippen molar-refractivity contribution in [2.75, 3.05) is 0 Å². The van der Waals surface area contributed by atoms with E-state index in [1.54, 1.807) is 0 Å². The molecule has 1 N–H and O–H groups in total. The zero-order valence-electron chi connectivity index (χ0n) is 12.4. The molecule has 0 spiro atoms. The van der Waals surface area contributed by atoms with Crippen molar-refractivity contribution in [3.8, 4) is 0 Å². The van der Waals surface area contributed by atoms with Gasteiger partial charge >= 0.3 is 0 Å². The Balaban J connectivity index is 1.95. The summed E-state index contributed by atoms with van der Waals surface area (Å²) in [4.78, 5) is 0. The van der Waals surface area contributed by atoms with Crippen LogP contribution in [0.2, 0.25) is 0 Å². The van der Waals surface area contributed by atoms with Crippen molar-refractivity contribution < 1.29 is 4.74 Å². The molecular weight excluding hydrogens is 210 g/mol. The molecular formula is C15H29NO. The van der Waals surface area contributed by atoms with E-state index in [4.69, 9.17) is 4.74 Å². The quantitative estimate of drug-likeness (QED) is 0.761. The number of ether oxygens (including phenoxy) is 1. The summed E-state index contributed by atoms with van der Waals surface area (Å²) in [6.45, 7) is 13.5. The SMILES string of the molecule is CC1CCC(C(C)(C)OC2(C)NC2(C)C)CC1. The van der Waals surface area contributed by atoms with Gasteiger partial charge in [0.15, 0.2) is 0 Å². The van der Waals surface area contributed by atoms with Crippen LogP contribution in [0.3, 0.4) is 0 Å². The second-order valence-electron chi connectivity index (χ2n) is 7.45. The van der Waals surface area contributed by atoms with Gasteiger partial charge in [-0.05, 0) is 59.3 Å². The largest absolute Gasteiger partial charge is 0.353 e. The van der Waals surface area contributed by atoms with Gasteiger partial charge in [0.2, 0.25) is 0 Å². The van der Waals surface area contributed by atoms with Gasteiger partial charge in [-0.3, -0.25) is 5.32 Å². The highest BCUT2D eigenvalue weighted by Crippen LogP contribution is 2.46. The summed E-state index contributed by atoms with van der Waals surface area (Å²) in [5, 5.41) is 3.47. The van der Waals surface area contributed by atoms with E-state index in [9.17, 15) is 0 Å². The van der Waals surface area contributed by atoms with Crippen molar-refractivity contribution in [1.29, 1.82) is 0 Å². The van der Waals surface area contributed by atoms with Crippen LogP contribution in [-0.2, 0) is 4.74 Å². The van der Waals surface area contributed by atoms with E-state index in [1.165, 1.54) is 25.7 Å². The predicted octanol–water partition coefficient (Wildman–Crippen LogP) is 3.71. The summed E-state index contributed by atoms with van der Waals surface area (Å²) in [6.07, 6.45) is 5.38. The van der Waals surface area contributed by atoms with Crippen molar-refractivity contribution in [1.82, 2.24) is 5.32 Å². The Hall–Kier alpha value is -0.0800. The minimum atomic E-state index is -0.125. The summed E-state index contributed by atoms with van der Waals surface area (Å²) in [7, 11) is 0. The number of nitrogens with one attached hydrogen (secondary N) is 1. The van der Waals surface area contributed by atoms with Crippen LogP contribution >= 0.6 is 0 Å². The molecule has 1 saturated carbocycles. The van der Waals surface area contributed by atoms with Crippen molar-refractivity contribution >= 4 is 0 Å². The van der Waals surface area contributed by atoms with Crippen LogP contribution in [0.25, 0.3) is 0 Å². The van der Waals surface area contributed by atoms with Gasteiger partial charge in [0.25, 0.3) is 0 Å². The number of hydrogen-bond donors (Lipinski definition) is 1. The van der Waals surface area contributed by atoms with Crippen molar-refractivity contribution in [3.63, 3.8) is 0 Å². The van der Waals surface area contributed by atoms with Crippen molar-refractivity contribution in [2.24, 2.45) is 11.8 Å². The Morgan fingerprint density at radius 1 is 1.06 bits per heavy atom. The molecule has 1 aliphatic heterocycles. The first kappa shape index (κ1) is 13.4. The fourth-order valence-corrected chi connectivity index (χ4v) is 3.28. The lowest BCUT2D eigenvalue weighted by Crippen LogP contribution is -2.42. The molecule has 0 aromatic carbocycles. The summed E-state index contributed by atoms with van der Waals surface area (Å²) in [5.41, 5.74) is 0.00144. The fourth-order valence-electron chi connectivity index (χ4n) is 3.28. The third-order valence-electron chi connectivity index (χ3n) is 5.15. The van der Waals surface area contributed by atoms with E-state index in [2.05, 4.69) is 46.9 Å². The molecule has 2 nitrogen and oxygen atoms in total. The van der Waals surface area contributed by atoms with Crippen molar-refractivity contribution in [2.45, 2.75) is 84.1 Å². The molecule has 100 valence electrons. The normalized spacial score (nSPS) is 41.3. The molecule has 0 bridgehead atoms. The molecule has 0 aromatic rings. The Bertz CT molecular complexity index is 289. The third kappa shape index (κ3) is 2.53. The van der Waals surface area contributed by atoms with E-state index in [-0.39, 0.29) is 16.9 Å². The lowest BCUT2D eigenvalue weighted by Gasteiger charge is -2.40. The molecule has 1 aliphatic carbocycles. The van der Waals surface area contributed by atoms with Gasteiger partial charge in [0, 0.05) is 0 Å². The van der Waals surface area contributed by atoms with E-state index in [1.807, 2.05) is 0 Å². The summed E-state index contributed by atoms with van der Waals surface area (Å²) < 4.78 is 6.42. The third-order valence-corrected chi connectivity index (χ3v) is 5.15. The van der Waals surface area contributed by atoms with E-state index in [0.29, 0.717) is 5.92 Å². The molecule has 1 saturated heterocycles. The molecule has 2 rings (SSSR count). The summed E-state index contributed by atoms with van der Waals surface area (Å²) in [6, 6.07) is 0. The van der Waals surface area contributed by atoms with Crippen LogP contribution in [0.1, 0.15) is 67.2 Å². The predicted molar refractivity (Wildman–Crippen MR) is 71.9 cm³/mol. The zero-order chi connectivity index (χ0) is 12.9. The number of rotatable bonds is 3. The van der Waals surface area contributed by atoms with Crippen LogP contribution in [-0.4, -0.2) is 16.9 Å². The molecule has 2 fully saturated rings. The van der Waals surface area contributed by atoms with Crippen LogP contribution in [0.15, 0.2) is 0 Å². The maximum Gasteiger partial charge on any atom is 0.135 e. The van der Waals surface area contributed by atoms with Gasteiger partial charge in [-0.2, -0.15) is 0 Å². The number of hydrogen-bond acceptors (Lipinski definition) is 2. The van der Waals surface area contributed by atoms with E-state index < -0.39 is 0 Å². The molecule has 1 unspecified atom stereocenters. The van der Waals surface area contributed by atoms with E-state index >= 15 is 0 Å². The molecule has 17 heavy (non-hydrogen) atoms. The van der Waals surface area contributed by atoms with Crippen LogP contribution in [0, 0.1) is 11.8 Å². The monoisotopic (exact) mass is 239 g/mol. The molecule has 0 aromatic heterocycles. The first-order valence-corrected chi connectivity index (χ1v) is 7.16. The average molecular weight is 239 g/mol. The minimum Gasteiger partial charge on any atom is -0.353 e. The fraction of sp³-hybridized carbons (Fsp3) is 1.00. The minimum absolute atomic E-state index is 0.00431. The van der Waals surface area contributed by atoms with Crippen LogP contribution in [0.5, 0.6) is 0 Å². The van der Waals surface area contributed by atoms with Crippen LogP contribution < -0.4 is 5.32 Å². The Kier molecular flexibility index (Phi) is 3.11. The molecule has 0 radical (unpaired) electrons. The van der Waals surface area contributed by atoms with Gasteiger partial charge in [-0.15, -0.1) is 0 Å². The molecule has 1 atom stereocenters.